The number of ether oxygens (including phenoxy) is 1. The average molecular weight is 330 g/mol. The number of hydrogen-bond donors (Lipinski definition) is 2. The monoisotopic (exact) mass is 330 g/mol. The molecule has 0 spiro atoms. The summed E-state index contributed by atoms with van der Waals surface area (Å²) in [7, 11) is 0. The summed E-state index contributed by atoms with van der Waals surface area (Å²) in [6.45, 7) is 5.71. The molecule has 0 saturated carbocycles. The van der Waals surface area contributed by atoms with E-state index < -0.39 is 0 Å². The van der Waals surface area contributed by atoms with Crippen LogP contribution in [0.4, 0.5) is 10.5 Å². The van der Waals surface area contributed by atoms with Crippen molar-refractivity contribution in [3.63, 3.8) is 0 Å². The van der Waals surface area contributed by atoms with Gasteiger partial charge in [0.25, 0.3) is 0 Å². The number of carbonyl (C=O) groups is 2. The number of likely N-dealkylation sites (tertiary alicyclic amines) is 1. The summed E-state index contributed by atoms with van der Waals surface area (Å²) in [5.41, 5.74) is 0.901. The molecule has 128 valence electrons. The van der Waals surface area contributed by atoms with Crippen molar-refractivity contribution in [2.45, 2.75) is 20.3 Å². The SMILES string of the molecule is CCNC(=O)C1CCN(C(=O)Nc2ccc(OCC)c(C#N)c2)C1. The molecule has 1 aliphatic rings. The van der Waals surface area contributed by atoms with Crippen molar-refractivity contribution in [1.82, 2.24) is 10.2 Å². The van der Waals surface area contributed by atoms with Gasteiger partial charge in [-0.3, -0.25) is 4.79 Å². The minimum atomic E-state index is -0.269. The van der Waals surface area contributed by atoms with Gasteiger partial charge < -0.3 is 20.3 Å². The average Bonchev–Trinajstić information content (AvgIpc) is 3.07. The molecular formula is C17H22N4O3. The molecule has 1 aromatic rings. The molecule has 1 atom stereocenters. The van der Waals surface area contributed by atoms with Gasteiger partial charge >= 0.3 is 6.03 Å². The van der Waals surface area contributed by atoms with E-state index in [2.05, 4.69) is 16.7 Å². The van der Waals surface area contributed by atoms with E-state index in [-0.39, 0.29) is 17.9 Å². The van der Waals surface area contributed by atoms with Gasteiger partial charge in [0.05, 0.1) is 18.1 Å². The van der Waals surface area contributed by atoms with E-state index in [0.29, 0.717) is 49.7 Å². The van der Waals surface area contributed by atoms with E-state index in [1.54, 1.807) is 23.1 Å². The van der Waals surface area contributed by atoms with Crippen molar-refractivity contribution in [3.05, 3.63) is 23.8 Å². The van der Waals surface area contributed by atoms with Crippen LogP contribution < -0.4 is 15.4 Å². The molecular weight excluding hydrogens is 308 g/mol. The number of carbonyl (C=O) groups excluding carboxylic acids is 2. The molecule has 1 fully saturated rings. The van der Waals surface area contributed by atoms with Crippen LogP contribution in [-0.2, 0) is 4.79 Å². The van der Waals surface area contributed by atoms with Gasteiger partial charge in [-0.25, -0.2) is 4.79 Å². The highest BCUT2D eigenvalue weighted by Gasteiger charge is 2.30. The maximum Gasteiger partial charge on any atom is 0.321 e. The minimum Gasteiger partial charge on any atom is -0.492 e. The molecule has 0 radical (unpaired) electrons. The molecule has 7 nitrogen and oxygen atoms in total. The zero-order valence-electron chi connectivity index (χ0n) is 14.0. The lowest BCUT2D eigenvalue weighted by atomic mass is 10.1. The first-order valence-corrected chi connectivity index (χ1v) is 8.09. The summed E-state index contributed by atoms with van der Waals surface area (Å²) in [5, 5.41) is 14.7. The molecule has 3 amide bonds. The van der Waals surface area contributed by atoms with Crippen molar-refractivity contribution in [3.8, 4) is 11.8 Å². The molecule has 1 unspecified atom stereocenters. The summed E-state index contributed by atoms with van der Waals surface area (Å²) in [6, 6.07) is 6.73. The molecule has 0 bridgehead atoms. The van der Waals surface area contributed by atoms with Gasteiger partial charge in [-0.15, -0.1) is 0 Å². The third-order valence-corrected chi connectivity index (χ3v) is 3.85. The summed E-state index contributed by atoms with van der Waals surface area (Å²) in [4.78, 5) is 25.8. The van der Waals surface area contributed by atoms with Crippen LogP contribution in [0.25, 0.3) is 0 Å². The highest BCUT2D eigenvalue weighted by Crippen LogP contribution is 2.23. The molecule has 1 aromatic carbocycles. The number of amides is 3. The lowest BCUT2D eigenvalue weighted by Crippen LogP contribution is -2.36. The normalized spacial score (nSPS) is 16.4. The fraction of sp³-hybridized carbons (Fsp3) is 0.471. The quantitative estimate of drug-likeness (QED) is 0.862. The Kier molecular flexibility index (Phi) is 6.01. The first-order valence-electron chi connectivity index (χ1n) is 8.09. The third-order valence-electron chi connectivity index (χ3n) is 3.85. The lowest BCUT2D eigenvalue weighted by molar-refractivity contribution is -0.124. The Hall–Kier alpha value is -2.75. The van der Waals surface area contributed by atoms with Crippen LogP contribution >= 0.6 is 0 Å². The molecule has 0 aliphatic carbocycles. The molecule has 1 aliphatic heterocycles. The second kappa shape index (κ2) is 8.20. The van der Waals surface area contributed by atoms with E-state index >= 15 is 0 Å². The standard InChI is InChI=1S/C17H22N4O3/c1-3-19-16(22)12-7-8-21(11-12)17(23)20-14-5-6-15(24-4-2)13(9-14)10-18/h5-6,9,12H,3-4,7-8,11H2,1-2H3,(H,19,22)(H,20,23). The largest absolute Gasteiger partial charge is 0.492 e. The van der Waals surface area contributed by atoms with Crippen LogP contribution in [-0.4, -0.2) is 43.1 Å². The van der Waals surface area contributed by atoms with Crippen LogP contribution in [0.1, 0.15) is 25.8 Å². The Bertz CT molecular complexity index is 654. The predicted molar refractivity (Wildman–Crippen MR) is 89.7 cm³/mol. The fourth-order valence-corrected chi connectivity index (χ4v) is 2.66. The van der Waals surface area contributed by atoms with Crippen LogP contribution in [0.3, 0.4) is 0 Å². The van der Waals surface area contributed by atoms with E-state index in [1.165, 1.54) is 0 Å². The summed E-state index contributed by atoms with van der Waals surface area (Å²) >= 11 is 0. The number of anilines is 1. The molecule has 7 heteroatoms. The van der Waals surface area contributed by atoms with Gasteiger partial charge in [0, 0.05) is 25.3 Å². The second-order valence-electron chi connectivity index (χ2n) is 5.51. The van der Waals surface area contributed by atoms with Crippen LogP contribution in [0, 0.1) is 17.2 Å². The Balaban J connectivity index is 1.98. The van der Waals surface area contributed by atoms with E-state index in [0.717, 1.165) is 0 Å². The molecule has 1 saturated heterocycles. The number of nitriles is 1. The third kappa shape index (κ3) is 4.16. The van der Waals surface area contributed by atoms with Gasteiger partial charge in [-0.05, 0) is 38.5 Å². The van der Waals surface area contributed by atoms with Gasteiger partial charge in [0.1, 0.15) is 11.8 Å². The molecule has 2 rings (SSSR count). The number of nitrogens with one attached hydrogen (secondary N) is 2. The number of benzene rings is 1. The molecule has 0 aromatic heterocycles. The highest BCUT2D eigenvalue weighted by atomic mass is 16.5. The van der Waals surface area contributed by atoms with Crippen molar-refractivity contribution in [2.75, 3.05) is 31.6 Å². The minimum absolute atomic E-state index is 0.0133. The number of rotatable bonds is 5. The Labute approximate surface area is 141 Å². The second-order valence-corrected chi connectivity index (χ2v) is 5.51. The summed E-state index contributed by atoms with van der Waals surface area (Å²) < 4.78 is 5.36. The smallest absolute Gasteiger partial charge is 0.321 e. The number of nitrogens with zero attached hydrogens (tertiary/aromatic N) is 2. The first-order chi connectivity index (χ1) is 11.6. The summed E-state index contributed by atoms with van der Waals surface area (Å²) in [5.74, 6) is 0.321. The van der Waals surface area contributed by atoms with E-state index in [9.17, 15) is 9.59 Å². The van der Waals surface area contributed by atoms with Crippen molar-refractivity contribution < 1.29 is 14.3 Å². The maximum absolute atomic E-state index is 12.3. The molecule has 2 N–H and O–H groups in total. The van der Waals surface area contributed by atoms with Gasteiger partial charge in [0.2, 0.25) is 5.91 Å². The maximum atomic E-state index is 12.3. The fourth-order valence-electron chi connectivity index (χ4n) is 2.66. The van der Waals surface area contributed by atoms with Crippen molar-refractivity contribution in [2.24, 2.45) is 5.92 Å². The van der Waals surface area contributed by atoms with Crippen LogP contribution in [0.5, 0.6) is 5.75 Å². The molecule has 24 heavy (non-hydrogen) atoms. The Morgan fingerprint density at radius 2 is 2.21 bits per heavy atom. The van der Waals surface area contributed by atoms with Crippen LogP contribution in [0.15, 0.2) is 18.2 Å². The van der Waals surface area contributed by atoms with Gasteiger partial charge in [0.15, 0.2) is 0 Å². The Morgan fingerprint density at radius 1 is 1.42 bits per heavy atom. The van der Waals surface area contributed by atoms with E-state index in [1.807, 2.05) is 13.8 Å². The zero-order valence-corrected chi connectivity index (χ0v) is 14.0. The highest BCUT2D eigenvalue weighted by molar-refractivity contribution is 5.90. The topological polar surface area (TPSA) is 94.5 Å². The molecule has 1 heterocycles. The van der Waals surface area contributed by atoms with Crippen LogP contribution in [0.2, 0.25) is 0 Å². The number of hydrogen-bond acceptors (Lipinski definition) is 4. The van der Waals surface area contributed by atoms with Gasteiger partial charge in [-0.2, -0.15) is 5.26 Å². The lowest BCUT2D eigenvalue weighted by Gasteiger charge is -2.17. The summed E-state index contributed by atoms with van der Waals surface area (Å²) in [6.07, 6.45) is 0.659. The van der Waals surface area contributed by atoms with Crippen molar-refractivity contribution >= 4 is 17.6 Å². The van der Waals surface area contributed by atoms with E-state index in [4.69, 9.17) is 10.00 Å². The number of urea groups is 1. The van der Waals surface area contributed by atoms with Gasteiger partial charge in [-0.1, -0.05) is 0 Å². The Morgan fingerprint density at radius 3 is 2.88 bits per heavy atom. The van der Waals surface area contributed by atoms with Crippen molar-refractivity contribution in [1.29, 1.82) is 5.26 Å². The first kappa shape index (κ1) is 17.6. The zero-order chi connectivity index (χ0) is 17.5. The predicted octanol–water partition coefficient (Wildman–Crippen LogP) is 1.95.